The highest BCUT2D eigenvalue weighted by Gasteiger charge is 2.57. The fourth-order valence-corrected chi connectivity index (χ4v) is 9.97. The molecule has 0 spiro atoms. The van der Waals surface area contributed by atoms with Crippen LogP contribution in [0.4, 0.5) is 0 Å². The van der Waals surface area contributed by atoms with E-state index < -0.39 is 0 Å². The Labute approximate surface area is 315 Å². The topological polar surface area (TPSA) is 23.0 Å². The highest BCUT2D eigenvalue weighted by Crippen LogP contribution is 2.62. The highest BCUT2D eigenvalue weighted by atomic mass is 16.3. The summed E-state index contributed by atoms with van der Waals surface area (Å²) in [5.74, 6) is 0. The number of furan rings is 1. The lowest BCUT2D eigenvalue weighted by atomic mass is 9.59. The minimum absolute atomic E-state index is 0.0120. The van der Waals surface area contributed by atoms with Crippen LogP contribution in [0.25, 0.3) is 88.1 Å². The molecule has 7 aromatic carbocycles. The average molecular weight is 699 g/mol. The first kappa shape index (κ1) is 31.5. The summed E-state index contributed by atoms with van der Waals surface area (Å²) in [7, 11) is 0. The monoisotopic (exact) mass is 698 g/mol. The third kappa shape index (κ3) is 3.92. The third-order valence-corrected chi connectivity index (χ3v) is 14.0. The Morgan fingerprint density at radius 3 is 1.50 bits per heavy atom. The van der Waals surface area contributed by atoms with Crippen molar-refractivity contribution in [3.63, 3.8) is 0 Å². The molecule has 262 valence electrons. The fraction of sp³-hybridized carbons (Fsp3) is 0.176. The Hall–Kier alpha value is -6.06. The van der Waals surface area contributed by atoms with E-state index in [1.54, 1.807) is 0 Å². The predicted molar refractivity (Wildman–Crippen MR) is 228 cm³/mol. The summed E-state index contributed by atoms with van der Waals surface area (Å²) in [6.07, 6.45) is 0. The van der Waals surface area contributed by atoms with Crippen LogP contribution in [-0.4, -0.2) is 9.13 Å². The molecule has 0 saturated carbocycles. The molecule has 1 aliphatic carbocycles. The smallest absolute Gasteiger partial charge is 0.143 e. The highest BCUT2D eigenvalue weighted by molar-refractivity contribution is 6.12. The van der Waals surface area contributed by atoms with Gasteiger partial charge in [0.15, 0.2) is 0 Å². The van der Waals surface area contributed by atoms with E-state index in [0.717, 1.165) is 44.4 Å². The van der Waals surface area contributed by atoms with Crippen LogP contribution in [0.5, 0.6) is 0 Å². The largest absolute Gasteiger partial charge is 0.455 e. The Morgan fingerprint density at radius 1 is 0.407 bits per heavy atom. The lowest BCUT2D eigenvalue weighted by molar-refractivity contribution is 0.125. The molecule has 3 nitrogen and oxygen atoms in total. The normalized spacial score (nSPS) is 16.0. The summed E-state index contributed by atoms with van der Waals surface area (Å²) in [5, 5.41) is 7.34. The number of para-hydroxylation sites is 5. The maximum Gasteiger partial charge on any atom is 0.143 e. The molecular weight excluding hydrogens is 657 g/mol. The molecule has 1 aliphatic rings. The molecule has 0 N–H and O–H groups in total. The first-order valence-corrected chi connectivity index (χ1v) is 19.2. The van der Waals surface area contributed by atoms with Crippen molar-refractivity contribution in [2.45, 2.75) is 52.4 Å². The molecule has 0 fully saturated rings. The van der Waals surface area contributed by atoms with Gasteiger partial charge in [-0.05, 0) is 87.5 Å². The van der Waals surface area contributed by atoms with Gasteiger partial charge in [0.25, 0.3) is 0 Å². The first-order chi connectivity index (χ1) is 26.1. The van der Waals surface area contributed by atoms with Gasteiger partial charge in [-0.25, -0.2) is 0 Å². The Balaban J connectivity index is 1.28. The van der Waals surface area contributed by atoms with Crippen LogP contribution < -0.4 is 0 Å². The number of hydrogen-bond acceptors (Lipinski definition) is 1. The lowest BCUT2D eigenvalue weighted by Gasteiger charge is -2.44. The fourth-order valence-electron chi connectivity index (χ4n) is 9.97. The first-order valence-electron chi connectivity index (χ1n) is 19.2. The van der Waals surface area contributed by atoms with Crippen molar-refractivity contribution >= 4 is 65.6 Å². The molecule has 0 amide bonds. The van der Waals surface area contributed by atoms with E-state index in [1.807, 2.05) is 6.07 Å². The van der Waals surface area contributed by atoms with Crippen molar-refractivity contribution in [3.05, 3.63) is 157 Å². The van der Waals surface area contributed by atoms with Gasteiger partial charge in [0.1, 0.15) is 11.2 Å². The van der Waals surface area contributed by atoms with E-state index in [2.05, 4.69) is 190 Å². The van der Waals surface area contributed by atoms with E-state index in [1.165, 1.54) is 54.7 Å². The molecule has 54 heavy (non-hydrogen) atoms. The molecule has 0 radical (unpaired) electrons. The van der Waals surface area contributed by atoms with Crippen molar-refractivity contribution in [3.8, 4) is 22.5 Å². The maximum absolute atomic E-state index is 6.68. The van der Waals surface area contributed by atoms with Crippen LogP contribution in [0, 0.1) is 5.41 Å². The zero-order valence-electron chi connectivity index (χ0n) is 31.7. The van der Waals surface area contributed by atoms with Crippen LogP contribution in [0.15, 0.2) is 150 Å². The van der Waals surface area contributed by atoms with Crippen LogP contribution >= 0.6 is 0 Å². The van der Waals surface area contributed by atoms with Crippen LogP contribution in [0.2, 0.25) is 0 Å². The van der Waals surface area contributed by atoms with Gasteiger partial charge in [-0.1, -0.05) is 133 Å². The van der Waals surface area contributed by atoms with Gasteiger partial charge in [-0.15, -0.1) is 0 Å². The molecule has 0 unspecified atom stereocenters. The average Bonchev–Trinajstić information content (AvgIpc) is 3.86. The molecular formula is C51H42N2O. The second-order valence-corrected chi connectivity index (χ2v) is 17.0. The number of hydrogen-bond donors (Lipinski definition) is 0. The van der Waals surface area contributed by atoms with Crippen molar-refractivity contribution < 1.29 is 4.42 Å². The third-order valence-electron chi connectivity index (χ3n) is 14.0. The van der Waals surface area contributed by atoms with E-state index in [4.69, 9.17) is 4.42 Å². The van der Waals surface area contributed by atoms with Gasteiger partial charge in [0.05, 0.1) is 22.1 Å². The molecule has 0 aliphatic heterocycles. The molecule has 11 rings (SSSR count). The summed E-state index contributed by atoms with van der Waals surface area (Å²) in [6.45, 7) is 14.6. The van der Waals surface area contributed by atoms with Gasteiger partial charge in [-0.2, -0.15) is 0 Å². The van der Waals surface area contributed by atoms with Gasteiger partial charge in [0.2, 0.25) is 0 Å². The number of nitrogens with zero attached hydrogens (tertiary/aromatic N) is 2. The number of fused-ring (bicyclic) bond motifs is 10. The van der Waals surface area contributed by atoms with Crippen LogP contribution in [-0.2, 0) is 10.8 Å². The summed E-state index contributed by atoms with van der Waals surface area (Å²) in [4.78, 5) is 0. The van der Waals surface area contributed by atoms with E-state index in [0.29, 0.717) is 0 Å². The van der Waals surface area contributed by atoms with Crippen molar-refractivity contribution in [1.29, 1.82) is 0 Å². The van der Waals surface area contributed by atoms with Crippen LogP contribution in [0.1, 0.15) is 52.7 Å². The molecule has 0 atom stereocenters. The van der Waals surface area contributed by atoms with E-state index in [-0.39, 0.29) is 16.2 Å². The zero-order chi connectivity index (χ0) is 36.7. The SMILES string of the molecule is CC1(C)c2cc3c4ccccc4n(-c4cc(-c5cccc6c5oc5ccccc56)cc(-n5c6ccccc6c6ccccc65)c4)c3cc2C(C)(C)C1(C)C. The van der Waals surface area contributed by atoms with Gasteiger partial charge < -0.3 is 13.6 Å². The molecule has 3 heterocycles. The van der Waals surface area contributed by atoms with Gasteiger partial charge >= 0.3 is 0 Å². The number of rotatable bonds is 3. The van der Waals surface area contributed by atoms with Gasteiger partial charge in [0, 0.05) is 49.3 Å². The number of aromatic nitrogens is 2. The zero-order valence-corrected chi connectivity index (χ0v) is 31.7. The van der Waals surface area contributed by atoms with E-state index in [9.17, 15) is 0 Å². The second kappa shape index (κ2) is 10.5. The molecule has 0 saturated heterocycles. The van der Waals surface area contributed by atoms with Crippen molar-refractivity contribution in [1.82, 2.24) is 9.13 Å². The lowest BCUT2D eigenvalue weighted by Crippen LogP contribution is -2.42. The molecule has 0 bridgehead atoms. The summed E-state index contributed by atoms with van der Waals surface area (Å²) in [5.41, 5.74) is 14.0. The minimum atomic E-state index is -0.0196. The maximum atomic E-state index is 6.68. The second-order valence-electron chi connectivity index (χ2n) is 17.0. The van der Waals surface area contributed by atoms with Gasteiger partial charge in [-0.3, -0.25) is 0 Å². The molecule has 3 heteroatoms. The van der Waals surface area contributed by atoms with Crippen molar-refractivity contribution in [2.24, 2.45) is 5.41 Å². The quantitative estimate of drug-likeness (QED) is 0.180. The Kier molecular flexibility index (Phi) is 6.14. The summed E-state index contributed by atoms with van der Waals surface area (Å²) >= 11 is 0. The Morgan fingerprint density at radius 2 is 0.889 bits per heavy atom. The number of benzene rings is 7. The van der Waals surface area contributed by atoms with E-state index >= 15 is 0 Å². The molecule has 3 aromatic heterocycles. The summed E-state index contributed by atoms with van der Waals surface area (Å²) in [6, 6.07) is 53.6. The minimum Gasteiger partial charge on any atom is -0.455 e. The van der Waals surface area contributed by atoms with Crippen molar-refractivity contribution in [2.75, 3.05) is 0 Å². The summed E-state index contributed by atoms with van der Waals surface area (Å²) < 4.78 is 11.6. The predicted octanol–water partition coefficient (Wildman–Crippen LogP) is 14.0. The standard InChI is InChI=1S/C51H42N2O/c1-49(2)41-29-40-37-18-9-13-24-45(37)53(46(40)30-42(41)50(3,4)51(49,5)6)33-27-31(34-20-15-21-39-38-19-10-14-25-47(38)54-48(34)39)26-32(28-33)52-43-22-11-7-16-35(43)36-17-8-12-23-44(36)52/h7-30H,1-6H3. The van der Waals surface area contributed by atoms with Crippen LogP contribution in [0.3, 0.4) is 0 Å². The Bertz CT molecular complexity index is 3140. The molecule has 10 aromatic rings.